The fourth-order valence-electron chi connectivity index (χ4n) is 2.04. The maximum atomic E-state index is 13.9. The molecule has 1 aromatic rings. The van der Waals surface area contributed by atoms with Gasteiger partial charge in [0.2, 0.25) is 0 Å². The third kappa shape index (κ3) is 2.64. The Morgan fingerprint density at radius 3 is 1.90 bits per heavy atom. The Bertz CT molecular complexity index is 500. The van der Waals surface area contributed by atoms with Crippen molar-refractivity contribution in [3.63, 3.8) is 0 Å². The molecule has 0 radical (unpaired) electrons. The van der Waals surface area contributed by atoms with E-state index in [-0.39, 0.29) is 5.56 Å². The fraction of sp³-hybridized carbons (Fsp3) is 0.538. The Hall–Kier alpha value is -0.495. The predicted octanol–water partition coefficient (Wildman–Crippen LogP) is 3.36. The topological polar surface area (TPSA) is 44.5 Å². The summed E-state index contributed by atoms with van der Waals surface area (Å²) < 4.78 is 39.7. The summed E-state index contributed by atoms with van der Waals surface area (Å²) in [5.41, 5.74) is 4.52. The van der Waals surface area contributed by atoms with Crippen LogP contribution in [0.15, 0.2) is 16.6 Å². The predicted molar refractivity (Wildman–Crippen MR) is 77.1 cm³/mol. The van der Waals surface area contributed by atoms with Crippen LogP contribution in [0.5, 0.6) is 0 Å². The summed E-state index contributed by atoms with van der Waals surface area (Å²) >= 11 is 3.03. The van der Waals surface area contributed by atoms with E-state index in [2.05, 4.69) is 15.9 Å². The maximum Gasteiger partial charge on any atom is 0.480 e. The highest BCUT2D eigenvalue weighted by Gasteiger charge is 2.54. The molecule has 110 valence electrons. The molecule has 2 N–H and O–H groups in total. The Balaban J connectivity index is 2.33. The van der Waals surface area contributed by atoms with Crippen molar-refractivity contribution in [1.82, 2.24) is 0 Å². The van der Waals surface area contributed by atoms with E-state index in [9.17, 15) is 8.78 Å². The van der Waals surface area contributed by atoms with Crippen LogP contribution in [0.25, 0.3) is 0 Å². The molecular formula is C13H17BBrF2NO2. The van der Waals surface area contributed by atoms with Gasteiger partial charge in [0.15, 0.2) is 0 Å². The largest absolute Gasteiger partial charge is 0.480 e. The van der Waals surface area contributed by atoms with Crippen molar-refractivity contribution in [2.45, 2.75) is 44.8 Å². The number of rotatable bonds is 2. The Kier molecular flexibility index (Phi) is 4.01. The van der Waals surface area contributed by atoms with Gasteiger partial charge in [0.1, 0.15) is 11.6 Å². The lowest BCUT2D eigenvalue weighted by Gasteiger charge is -2.32. The van der Waals surface area contributed by atoms with Crippen LogP contribution >= 0.6 is 15.9 Å². The van der Waals surface area contributed by atoms with Gasteiger partial charge in [-0.1, -0.05) is 15.9 Å². The van der Waals surface area contributed by atoms with Crippen molar-refractivity contribution in [3.8, 4) is 0 Å². The molecule has 0 aromatic heterocycles. The molecule has 1 saturated heterocycles. The Labute approximate surface area is 126 Å². The van der Waals surface area contributed by atoms with Crippen molar-refractivity contribution in [3.05, 3.63) is 33.8 Å². The average Bonchev–Trinajstić information content (AvgIpc) is 2.46. The third-order valence-corrected chi connectivity index (χ3v) is 4.40. The highest BCUT2D eigenvalue weighted by molar-refractivity contribution is 9.10. The molecule has 1 aromatic carbocycles. The zero-order valence-electron chi connectivity index (χ0n) is 11.8. The van der Waals surface area contributed by atoms with Crippen LogP contribution in [0, 0.1) is 11.6 Å². The van der Waals surface area contributed by atoms with Crippen LogP contribution in [0.2, 0.25) is 0 Å². The Morgan fingerprint density at radius 2 is 1.50 bits per heavy atom. The smallest absolute Gasteiger partial charge is 0.402 e. The van der Waals surface area contributed by atoms with Crippen molar-refractivity contribution >= 4 is 23.0 Å². The van der Waals surface area contributed by atoms with Gasteiger partial charge in [0.25, 0.3) is 0 Å². The van der Waals surface area contributed by atoms with Crippen LogP contribution in [0.4, 0.5) is 8.78 Å². The van der Waals surface area contributed by atoms with E-state index in [1.165, 1.54) is 12.1 Å². The summed E-state index contributed by atoms with van der Waals surface area (Å²) in [6, 6.07) is 2.34. The van der Waals surface area contributed by atoms with Gasteiger partial charge in [-0.3, -0.25) is 0 Å². The van der Waals surface area contributed by atoms with Crippen molar-refractivity contribution in [1.29, 1.82) is 0 Å². The van der Waals surface area contributed by atoms with Gasteiger partial charge in [-0.2, -0.15) is 0 Å². The highest BCUT2D eigenvalue weighted by atomic mass is 79.9. The van der Waals surface area contributed by atoms with E-state index in [4.69, 9.17) is 15.0 Å². The van der Waals surface area contributed by atoms with Gasteiger partial charge in [0, 0.05) is 10.0 Å². The Morgan fingerprint density at radius 1 is 1.10 bits per heavy atom. The van der Waals surface area contributed by atoms with E-state index in [0.29, 0.717) is 4.47 Å². The first-order chi connectivity index (χ1) is 9.05. The van der Waals surface area contributed by atoms with E-state index in [1.807, 2.05) is 27.7 Å². The monoisotopic (exact) mass is 347 g/mol. The third-order valence-electron chi connectivity index (χ3n) is 3.94. The minimum atomic E-state index is -1.04. The summed E-state index contributed by atoms with van der Waals surface area (Å²) in [4.78, 5) is 0. The normalized spacial score (nSPS) is 22.1. The molecule has 1 aliphatic rings. The summed E-state index contributed by atoms with van der Waals surface area (Å²) in [6.07, 6.45) is 0. The summed E-state index contributed by atoms with van der Waals surface area (Å²) in [5, 5.41) is 0. The molecule has 1 fully saturated rings. The molecule has 0 bridgehead atoms. The minimum absolute atomic E-state index is 0.230. The van der Waals surface area contributed by atoms with Crippen LogP contribution in [0.1, 0.15) is 39.2 Å². The molecule has 7 heteroatoms. The quantitative estimate of drug-likeness (QED) is 0.834. The lowest BCUT2D eigenvalue weighted by Crippen LogP contribution is -2.41. The molecule has 0 saturated carbocycles. The zero-order chi connectivity index (χ0) is 15.3. The highest BCUT2D eigenvalue weighted by Crippen LogP contribution is 2.40. The van der Waals surface area contributed by atoms with Gasteiger partial charge >= 0.3 is 7.12 Å². The second-order valence-electron chi connectivity index (χ2n) is 5.93. The fourth-order valence-corrected chi connectivity index (χ4v) is 2.45. The van der Waals surface area contributed by atoms with Crippen LogP contribution in [-0.4, -0.2) is 18.3 Å². The SMILES string of the molecule is CC1(C)OB([C@H](N)c2c(F)cc(Br)cc2F)OC1(C)C. The van der Waals surface area contributed by atoms with Gasteiger partial charge in [-0.25, -0.2) is 8.78 Å². The summed E-state index contributed by atoms with van der Waals surface area (Å²) in [5.74, 6) is -2.48. The van der Waals surface area contributed by atoms with Crippen molar-refractivity contribution in [2.24, 2.45) is 5.73 Å². The molecule has 0 unspecified atom stereocenters. The van der Waals surface area contributed by atoms with E-state index in [0.717, 1.165) is 0 Å². The number of hydrogen-bond acceptors (Lipinski definition) is 3. The number of benzene rings is 1. The molecule has 3 nitrogen and oxygen atoms in total. The van der Waals surface area contributed by atoms with Gasteiger partial charge in [-0.15, -0.1) is 0 Å². The van der Waals surface area contributed by atoms with Crippen molar-refractivity contribution in [2.75, 3.05) is 0 Å². The lowest BCUT2D eigenvalue weighted by molar-refractivity contribution is 0.00578. The molecule has 0 spiro atoms. The molecule has 2 rings (SSSR count). The zero-order valence-corrected chi connectivity index (χ0v) is 13.4. The first-order valence-corrected chi connectivity index (χ1v) is 7.10. The second kappa shape index (κ2) is 5.05. The molecular weight excluding hydrogens is 331 g/mol. The molecule has 1 heterocycles. The number of hydrogen-bond donors (Lipinski definition) is 1. The molecule has 0 aliphatic carbocycles. The lowest BCUT2D eigenvalue weighted by atomic mass is 9.74. The van der Waals surface area contributed by atoms with Crippen LogP contribution < -0.4 is 5.73 Å². The maximum absolute atomic E-state index is 13.9. The summed E-state index contributed by atoms with van der Waals surface area (Å²) in [6.45, 7) is 7.42. The van der Waals surface area contributed by atoms with E-state index in [1.54, 1.807) is 0 Å². The van der Waals surface area contributed by atoms with Gasteiger partial charge < -0.3 is 15.0 Å². The number of halogens is 3. The van der Waals surface area contributed by atoms with Crippen LogP contribution in [-0.2, 0) is 9.31 Å². The molecule has 0 amide bonds. The molecule has 1 aliphatic heterocycles. The van der Waals surface area contributed by atoms with Crippen LogP contribution in [0.3, 0.4) is 0 Å². The van der Waals surface area contributed by atoms with Gasteiger partial charge in [-0.05, 0) is 39.8 Å². The van der Waals surface area contributed by atoms with Crippen molar-refractivity contribution < 1.29 is 18.1 Å². The van der Waals surface area contributed by atoms with E-state index < -0.39 is 35.9 Å². The standard InChI is InChI=1S/C13H17BBrF2NO2/c1-12(2)13(3,4)20-14(19-12)11(18)10-8(16)5-7(15)6-9(10)17/h5-6,11H,18H2,1-4H3/t11-/m1/s1. The second-order valence-corrected chi connectivity index (χ2v) is 6.85. The first-order valence-electron chi connectivity index (χ1n) is 6.31. The number of nitrogens with two attached hydrogens (primary N) is 1. The van der Waals surface area contributed by atoms with Gasteiger partial charge in [0.05, 0.1) is 17.1 Å². The summed E-state index contributed by atoms with van der Waals surface area (Å²) in [7, 11) is -0.898. The van der Waals surface area contributed by atoms with E-state index >= 15 is 0 Å². The molecule has 1 atom stereocenters. The molecule has 20 heavy (non-hydrogen) atoms. The first kappa shape index (κ1) is 15.9. The average molecular weight is 348 g/mol. The minimum Gasteiger partial charge on any atom is -0.402 e.